The molecular weight excluding hydrogens is 306 g/mol. The van der Waals surface area contributed by atoms with Gasteiger partial charge >= 0.3 is 0 Å². The minimum absolute atomic E-state index is 0.00379. The standard InChI is InChI=1S/C23H39NO/c1-21(2,3)15-13-16(22(4,5)6)19(17(14-15)23(7,8)9)20(25)18-11-10-12-24-18/h13-14,18,20,24-25H,10-12H2,1-9H3. The van der Waals surface area contributed by atoms with E-state index in [1.54, 1.807) is 0 Å². The van der Waals surface area contributed by atoms with Crippen molar-refractivity contribution < 1.29 is 5.11 Å². The van der Waals surface area contributed by atoms with Crippen molar-refractivity contribution in [3.63, 3.8) is 0 Å². The molecule has 1 heterocycles. The maximum absolute atomic E-state index is 11.3. The zero-order chi connectivity index (χ0) is 19.2. The van der Waals surface area contributed by atoms with Crippen LogP contribution in [0.25, 0.3) is 0 Å². The topological polar surface area (TPSA) is 32.3 Å². The summed E-state index contributed by atoms with van der Waals surface area (Å²) in [5, 5.41) is 14.8. The Morgan fingerprint density at radius 1 is 0.880 bits per heavy atom. The van der Waals surface area contributed by atoms with Gasteiger partial charge in [-0.2, -0.15) is 0 Å². The number of hydrogen-bond donors (Lipinski definition) is 2. The van der Waals surface area contributed by atoms with Gasteiger partial charge < -0.3 is 10.4 Å². The fourth-order valence-corrected chi connectivity index (χ4v) is 3.83. The second kappa shape index (κ2) is 6.70. The van der Waals surface area contributed by atoms with Gasteiger partial charge in [-0.3, -0.25) is 0 Å². The van der Waals surface area contributed by atoms with Crippen molar-refractivity contribution in [1.82, 2.24) is 5.32 Å². The van der Waals surface area contributed by atoms with Gasteiger partial charge in [-0.05, 0) is 57.9 Å². The second-order valence-corrected chi connectivity index (χ2v) is 10.9. The lowest BCUT2D eigenvalue weighted by molar-refractivity contribution is 0.133. The Labute approximate surface area is 155 Å². The van der Waals surface area contributed by atoms with Crippen LogP contribution in [0.4, 0.5) is 0 Å². The normalized spacial score (nSPS) is 20.8. The van der Waals surface area contributed by atoms with Gasteiger partial charge in [0, 0.05) is 6.04 Å². The van der Waals surface area contributed by atoms with Crippen LogP contribution >= 0.6 is 0 Å². The first-order valence-electron chi connectivity index (χ1n) is 9.84. The molecule has 0 saturated carbocycles. The largest absolute Gasteiger partial charge is 0.387 e. The van der Waals surface area contributed by atoms with Crippen molar-refractivity contribution in [3.8, 4) is 0 Å². The lowest BCUT2D eigenvalue weighted by Crippen LogP contribution is -2.33. The first-order valence-corrected chi connectivity index (χ1v) is 9.84. The van der Waals surface area contributed by atoms with Crippen LogP contribution in [0.2, 0.25) is 0 Å². The SMILES string of the molecule is CC(C)(C)c1cc(C(C)(C)C)c(C(O)C2CCCN2)c(C(C)(C)C)c1. The first-order chi connectivity index (χ1) is 11.2. The van der Waals surface area contributed by atoms with Gasteiger partial charge in [0.15, 0.2) is 0 Å². The monoisotopic (exact) mass is 345 g/mol. The van der Waals surface area contributed by atoms with Crippen LogP contribution in [0.3, 0.4) is 0 Å². The van der Waals surface area contributed by atoms with E-state index in [-0.39, 0.29) is 22.3 Å². The summed E-state index contributed by atoms with van der Waals surface area (Å²) >= 11 is 0. The molecule has 0 spiro atoms. The summed E-state index contributed by atoms with van der Waals surface area (Å²) in [6, 6.07) is 4.87. The average molecular weight is 346 g/mol. The molecule has 25 heavy (non-hydrogen) atoms. The number of rotatable bonds is 2. The fourth-order valence-electron chi connectivity index (χ4n) is 3.83. The number of hydrogen-bond acceptors (Lipinski definition) is 2. The molecule has 1 saturated heterocycles. The Bertz CT molecular complexity index is 569. The number of aliphatic hydroxyl groups is 1. The molecule has 2 heteroatoms. The molecule has 2 nitrogen and oxygen atoms in total. The molecule has 0 radical (unpaired) electrons. The fraction of sp³-hybridized carbons (Fsp3) is 0.739. The first kappa shape index (κ1) is 20.5. The highest BCUT2D eigenvalue weighted by Gasteiger charge is 2.35. The van der Waals surface area contributed by atoms with Gasteiger partial charge in [0.1, 0.15) is 0 Å². The van der Waals surface area contributed by atoms with Crippen LogP contribution < -0.4 is 5.32 Å². The van der Waals surface area contributed by atoms with Crippen LogP contribution in [0.15, 0.2) is 12.1 Å². The molecule has 0 aromatic heterocycles. The highest BCUT2D eigenvalue weighted by molar-refractivity contribution is 5.49. The maximum Gasteiger partial charge on any atom is 0.0948 e. The van der Waals surface area contributed by atoms with Crippen LogP contribution in [-0.2, 0) is 16.2 Å². The molecule has 1 aromatic rings. The van der Waals surface area contributed by atoms with Gasteiger partial charge in [0.25, 0.3) is 0 Å². The quantitative estimate of drug-likeness (QED) is 0.756. The molecule has 1 fully saturated rings. The molecule has 1 aromatic carbocycles. The summed E-state index contributed by atoms with van der Waals surface area (Å²) < 4.78 is 0. The van der Waals surface area contributed by atoms with E-state index in [0.717, 1.165) is 24.9 Å². The van der Waals surface area contributed by atoms with E-state index in [2.05, 4.69) is 79.8 Å². The van der Waals surface area contributed by atoms with E-state index in [0.29, 0.717) is 0 Å². The van der Waals surface area contributed by atoms with Crippen molar-refractivity contribution in [3.05, 3.63) is 34.4 Å². The Morgan fingerprint density at radius 2 is 1.36 bits per heavy atom. The van der Waals surface area contributed by atoms with Crippen molar-refractivity contribution in [2.75, 3.05) is 6.54 Å². The summed E-state index contributed by atoms with van der Waals surface area (Å²) in [7, 11) is 0. The lowest BCUT2D eigenvalue weighted by Gasteiger charge is -2.36. The van der Waals surface area contributed by atoms with Crippen molar-refractivity contribution in [2.45, 2.75) is 104 Å². The lowest BCUT2D eigenvalue weighted by atomic mass is 9.70. The highest BCUT2D eigenvalue weighted by Crippen LogP contribution is 2.42. The van der Waals surface area contributed by atoms with Gasteiger partial charge in [-0.25, -0.2) is 0 Å². The van der Waals surface area contributed by atoms with E-state index in [4.69, 9.17) is 0 Å². The second-order valence-electron chi connectivity index (χ2n) is 10.9. The summed E-state index contributed by atoms with van der Waals surface area (Å²) in [6.45, 7) is 21.4. The summed E-state index contributed by atoms with van der Waals surface area (Å²) in [5.74, 6) is 0. The van der Waals surface area contributed by atoms with E-state index in [1.807, 2.05) is 0 Å². The highest BCUT2D eigenvalue weighted by atomic mass is 16.3. The predicted molar refractivity (Wildman–Crippen MR) is 109 cm³/mol. The van der Waals surface area contributed by atoms with Crippen LogP contribution in [0.1, 0.15) is 104 Å². The molecule has 142 valence electrons. The van der Waals surface area contributed by atoms with Gasteiger partial charge in [-0.1, -0.05) is 74.4 Å². The Balaban J connectivity index is 2.77. The van der Waals surface area contributed by atoms with E-state index < -0.39 is 6.10 Å². The van der Waals surface area contributed by atoms with Crippen LogP contribution in [0.5, 0.6) is 0 Å². The molecule has 2 N–H and O–H groups in total. The molecule has 0 bridgehead atoms. The zero-order valence-corrected chi connectivity index (χ0v) is 17.9. The van der Waals surface area contributed by atoms with Crippen LogP contribution in [-0.4, -0.2) is 17.7 Å². The van der Waals surface area contributed by atoms with E-state index >= 15 is 0 Å². The summed E-state index contributed by atoms with van der Waals surface area (Å²) in [6.07, 6.45) is 1.76. The third-order valence-corrected chi connectivity index (χ3v) is 5.44. The third kappa shape index (κ3) is 4.46. The van der Waals surface area contributed by atoms with Gasteiger partial charge in [0.2, 0.25) is 0 Å². The predicted octanol–water partition coefficient (Wildman–Crippen LogP) is 5.36. The third-order valence-electron chi connectivity index (χ3n) is 5.44. The smallest absolute Gasteiger partial charge is 0.0948 e. The zero-order valence-electron chi connectivity index (χ0n) is 17.9. The summed E-state index contributed by atoms with van der Waals surface area (Å²) in [4.78, 5) is 0. The molecule has 0 aliphatic carbocycles. The molecule has 2 rings (SSSR count). The molecular formula is C23H39NO. The van der Waals surface area contributed by atoms with Gasteiger partial charge in [0.05, 0.1) is 6.10 Å². The summed E-state index contributed by atoms with van der Waals surface area (Å²) in [5.41, 5.74) is 5.20. The van der Waals surface area contributed by atoms with E-state index in [1.165, 1.54) is 16.7 Å². The number of benzene rings is 1. The van der Waals surface area contributed by atoms with Crippen molar-refractivity contribution >= 4 is 0 Å². The Morgan fingerprint density at radius 3 is 1.68 bits per heavy atom. The number of aliphatic hydroxyl groups excluding tert-OH is 1. The van der Waals surface area contributed by atoms with Crippen LogP contribution in [0, 0.1) is 0 Å². The molecule has 2 atom stereocenters. The number of nitrogens with one attached hydrogen (secondary N) is 1. The Kier molecular flexibility index (Phi) is 5.48. The van der Waals surface area contributed by atoms with Gasteiger partial charge in [-0.15, -0.1) is 0 Å². The molecule has 2 unspecified atom stereocenters. The molecule has 0 amide bonds. The van der Waals surface area contributed by atoms with Crippen molar-refractivity contribution in [2.24, 2.45) is 0 Å². The average Bonchev–Trinajstić information content (AvgIpc) is 2.96. The van der Waals surface area contributed by atoms with Crippen molar-refractivity contribution in [1.29, 1.82) is 0 Å². The maximum atomic E-state index is 11.3. The molecule has 1 aliphatic rings. The Hall–Kier alpha value is -0.860. The van der Waals surface area contributed by atoms with E-state index in [9.17, 15) is 5.11 Å². The molecule has 1 aliphatic heterocycles. The minimum atomic E-state index is -0.444. The minimum Gasteiger partial charge on any atom is -0.387 e.